The molecule has 0 spiro atoms. The molecule has 0 fully saturated rings. The molecule has 0 amide bonds. The monoisotopic (exact) mass is 280 g/mol. The average molecular weight is 280 g/mol. The summed E-state index contributed by atoms with van der Waals surface area (Å²) in [5, 5.41) is 22.6. The van der Waals surface area contributed by atoms with E-state index in [4.69, 9.17) is 11.1 Å². The number of aromatic nitrogens is 2. The van der Waals surface area contributed by atoms with Crippen LogP contribution in [0.25, 0.3) is 0 Å². The van der Waals surface area contributed by atoms with Crippen LogP contribution in [0.1, 0.15) is 0 Å². The second-order valence-electron chi connectivity index (χ2n) is 4.99. The molecule has 1 atom stereocenters. The van der Waals surface area contributed by atoms with Gasteiger partial charge in [0.2, 0.25) is 0 Å². The Hall–Kier alpha value is -2.93. The van der Waals surface area contributed by atoms with Crippen molar-refractivity contribution in [2.45, 2.75) is 0 Å². The quantitative estimate of drug-likeness (QED) is 0.570. The van der Waals surface area contributed by atoms with Crippen LogP contribution < -0.4 is 16.1 Å². The SMILES string of the molecule is N=C1C=C(N)C=C2C3=C(C=CC12)N(O)c1ncncc1N3. The van der Waals surface area contributed by atoms with Gasteiger partial charge in [0.15, 0.2) is 5.82 Å². The molecule has 0 bridgehead atoms. The van der Waals surface area contributed by atoms with E-state index in [0.29, 0.717) is 34.3 Å². The molecule has 0 aromatic carbocycles. The number of nitrogens with two attached hydrogens (primary N) is 1. The van der Waals surface area contributed by atoms with E-state index in [2.05, 4.69) is 15.3 Å². The third-order valence-electron chi connectivity index (χ3n) is 3.69. The van der Waals surface area contributed by atoms with E-state index in [9.17, 15) is 5.21 Å². The first-order valence-electron chi connectivity index (χ1n) is 6.41. The van der Waals surface area contributed by atoms with Crippen molar-refractivity contribution in [2.24, 2.45) is 11.7 Å². The van der Waals surface area contributed by atoms with Crippen LogP contribution in [0.5, 0.6) is 0 Å². The fraction of sp³-hybridized carbons (Fsp3) is 0.0714. The van der Waals surface area contributed by atoms with Gasteiger partial charge in [-0.05, 0) is 23.8 Å². The smallest absolute Gasteiger partial charge is 0.184 e. The highest BCUT2D eigenvalue weighted by Crippen LogP contribution is 2.40. The number of fused-ring (bicyclic) bond motifs is 3. The molecule has 2 heterocycles. The Labute approximate surface area is 120 Å². The highest BCUT2D eigenvalue weighted by molar-refractivity contribution is 6.01. The molecule has 0 saturated carbocycles. The number of hydroxylamine groups is 1. The van der Waals surface area contributed by atoms with Gasteiger partial charge in [0.1, 0.15) is 12.0 Å². The lowest BCUT2D eigenvalue weighted by Gasteiger charge is -2.35. The fourth-order valence-electron chi connectivity index (χ4n) is 2.74. The summed E-state index contributed by atoms with van der Waals surface area (Å²) in [6.45, 7) is 0. The first kappa shape index (κ1) is 11.9. The lowest BCUT2D eigenvalue weighted by molar-refractivity contribution is 0.282. The van der Waals surface area contributed by atoms with Crippen LogP contribution in [0.4, 0.5) is 11.5 Å². The Kier molecular flexibility index (Phi) is 2.28. The first-order valence-corrected chi connectivity index (χ1v) is 6.41. The summed E-state index contributed by atoms with van der Waals surface area (Å²) in [7, 11) is 0. The number of nitrogens with one attached hydrogen (secondary N) is 2. The maximum atomic E-state index is 10.3. The van der Waals surface area contributed by atoms with E-state index >= 15 is 0 Å². The molecular weight excluding hydrogens is 268 g/mol. The molecule has 7 heteroatoms. The lowest BCUT2D eigenvalue weighted by Crippen LogP contribution is -2.33. The minimum Gasteiger partial charge on any atom is -0.399 e. The van der Waals surface area contributed by atoms with E-state index in [1.165, 1.54) is 6.33 Å². The van der Waals surface area contributed by atoms with E-state index < -0.39 is 0 Å². The largest absolute Gasteiger partial charge is 0.399 e. The Balaban J connectivity index is 1.88. The van der Waals surface area contributed by atoms with Gasteiger partial charge in [-0.2, -0.15) is 0 Å². The third-order valence-corrected chi connectivity index (χ3v) is 3.69. The maximum Gasteiger partial charge on any atom is 0.184 e. The van der Waals surface area contributed by atoms with Gasteiger partial charge in [-0.15, -0.1) is 0 Å². The van der Waals surface area contributed by atoms with Crippen molar-refractivity contribution in [3.05, 3.63) is 59.5 Å². The number of rotatable bonds is 0. The lowest BCUT2D eigenvalue weighted by atomic mass is 9.82. The topological polar surface area (TPSA) is 111 Å². The fourth-order valence-corrected chi connectivity index (χ4v) is 2.74. The Morgan fingerprint density at radius 2 is 2.24 bits per heavy atom. The van der Waals surface area contributed by atoms with Crippen LogP contribution >= 0.6 is 0 Å². The predicted molar refractivity (Wildman–Crippen MR) is 77.7 cm³/mol. The number of allylic oxidation sites excluding steroid dienone is 5. The molecule has 1 aromatic rings. The van der Waals surface area contributed by atoms with Crippen LogP contribution in [-0.4, -0.2) is 20.9 Å². The van der Waals surface area contributed by atoms with E-state index in [-0.39, 0.29) is 5.92 Å². The normalized spacial score (nSPS) is 22.8. The van der Waals surface area contributed by atoms with Crippen LogP contribution in [-0.2, 0) is 0 Å². The average Bonchev–Trinajstić information content (AvgIpc) is 2.47. The van der Waals surface area contributed by atoms with E-state index in [0.717, 1.165) is 10.6 Å². The van der Waals surface area contributed by atoms with Crippen molar-refractivity contribution in [3.8, 4) is 0 Å². The number of nitrogens with zero attached hydrogens (tertiary/aromatic N) is 3. The summed E-state index contributed by atoms with van der Waals surface area (Å²) in [5.74, 6) is 0.227. The number of anilines is 2. The van der Waals surface area contributed by atoms with Crippen molar-refractivity contribution < 1.29 is 5.21 Å². The van der Waals surface area contributed by atoms with Crippen molar-refractivity contribution in [1.82, 2.24) is 9.97 Å². The molecule has 3 aliphatic rings. The summed E-state index contributed by atoms with van der Waals surface area (Å²) < 4.78 is 0. The second-order valence-corrected chi connectivity index (χ2v) is 4.99. The summed E-state index contributed by atoms with van der Waals surface area (Å²) >= 11 is 0. The van der Waals surface area contributed by atoms with Crippen LogP contribution in [0.3, 0.4) is 0 Å². The molecule has 2 aliphatic carbocycles. The second kappa shape index (κ2) is 4.03. The molecular formula is C14H12N6O. The van der Waals surface area contributed by atoms with Gasteiger partial charge in [-0.3, -0.25) is 5.21 Å². The van der Waals surface area contributed by atoms with Gasteiger partial charge >= 0.3 is 0 Å². The molecule has 104 valence electrons. The summed E-state index contributed by atoms with van der Waals surface area (Å²) in [6.07, 6.45) is 10.1. The molecule has 0 radical (unpaired) electrons. The Morgan fingerprint density at radius 1 is 1.38 bits per heavy atom. The summed E-state index contributed by atoms with van der Waals surface area (Å²) in [5.41, 5.74) is 9.55. The molecule has 4 rings (SSSR count). The predicted octanol–water partition coefficient (Wildman–Crippen LogP) is 1.30. The van der Waals surface area contributed by atoms with Gasteiger partial charge in [0, 0.05) is 17.3 Å². The zero-order valence-corrected chi connectivity index (χ0v) is 10.9. The molecule has 1 aliphatic heterocycles. The highest BCUT2D eigenvalue weighted by atomic mass is 16.5. The molecule has 1 unspecified atom stereocenters. The van der Waals surface area contributed by atoms with Crippen molar-refractivity contribution in [3.63, 3.8) is 0 Å². The van der Waals surface area contributed by atoms with Crippen LogP contribution in [0, 0.1) is 11.3 Å². The zero-order valence-electron chi connectivity index (χ0n) is 10.9. The molecule has 21 heavy (non-hydrogen) atoms. The molecule has 5 N–H and O–H groups in total. The molecule has 0 saturated heterocycles. The van der Waals surface area contributed by atoms with Crippen molar-refractivity contribution in [1.29, 1.82) is 5.41 Å². The number of hydrogen-bond acceptors (Lipinski definition) is 7. The van der Waals surface area contributed by atoms with Crippen molar-refractivity contribution >= 4 is 17.2 Å². The Bertz CT molecular complexity index is 788. The van der Waals surface area contributed by atoms with Gasteiger partial charge in [0.25, 0.3) is 0 Å². The minimum absolute atomic E-state index is 0.164. The standard InChI is InChI=1S/C14H12N6O/c15-7-3-9-8(10(16)4-7)1-2-12-13(9)19-11-5-17-6-18-14(11)20(12)21/h1-6,8,16,19,21H,15H2. The Morgan fingerprint density at radius 3 is 3.10 bits per heavy atom. The summed E-state index contributed by atoms with van der Waals surface area (Å²) in [4.78, 5) is 8.02. The van der Waals surface area contributed by atoms with Crippen molar-refractivity contribution in [2.75, 3.05) is 10.4 Å². The summed E-state index contributed by atoms with van der Waals surface area (Å²) in [6, 6.07) is 0. The minimum atomic E-state index is -0.164. The zero-order chi connectivity index (χ0) is 14.6. The maximum absolute atomic E-state index is 10.3. The molecule has 7 nitrogen and oxygen atoms in total. The molecule has 1 aromatic heterocycles. The van der Waals surface area contributed by atoms with Crippen LogP contribution in [0.2, 0.25) is 0 Å². The van der Waals surface area contributed by atoms with E-state index in [1.54, 1.807) is 18.3 Å². The number of hydrogen-bond donors (Lipinski definition) is 4. The van der Waals surface area contributed by atoms with Gasteiger partial charge in [-0.25, -0.2) is 15.0 Å². The van der Waals surface area contributed by atoms with Crippen LogP contribution in [0.15, 0.2) is 59.5 Å². The van der Waals surface area contributed by atoms with E-state index in [1.807, 2.05) is 12.2 Å². The van der Waals surface area contributed by atoms with Gasteiger partial charge in [-0.1, -0.05) is 6.08 Å². The highest BCUT2D eigenvalue weighted by Gasteiger charge is 2.33. The van der Waals surface area contributed by atoms with Gasteiger partial charge in [0.05, 0.1) is 17.6 Å². The van der Waals surface area contributed by atoms with Gasteiger partial charge < -0.3 is 16.5 Å². The first-order chi connectivity index (χ1) is 10.1. The third kappa shape index (κ3) is 1.61.